The molecule has 0 aliphatic heterocycles. The molecule has 0 saturated carbocycles. The molecule has 112 valence electrons. The van der Waals surface area contributed by atoms with Crippen LogP contribution in [0.15, 0.2) is 6.07 Å². The van der Waals surface area contributed by atoms with E-state index in [1.165, 1.54) is 25.0 Å². The lowest BCUT2D eigenvalue weighted by Gasteiger charge is -2.11. The molecule has 0 bridgehead atoms. The molecule has 1 aromatic rings. The molecule has 20 heavy (non-hydrogen) atoms. The van der Waals surface area contributed by atoms with E-state index in [-0.39, 0.29) is 5.56 Å². The molecular weight excluding hydrogens is 272 g/mol. The molecule has 1 rings (SSSR count). The molecule has 0 atom stereocenters. The minimum atomic E-state index is -0.919. The largest absolute Gasteiger partial charge is 0.478 e. The Kier molecular flexibility index (Phi) is 7.44. The summed E-state index contributed by atoms with van der Waals surface area (Å²) in [5.41, 5.74) is 1.89. The monoisotopic (exact) mass is 296 g/mol. The van der Waals surface area contributed by atoms with Crippen LogP contribution in [0, 0.1) is 13.8 Å². The maximum Gasteiger partial charge on any atom is 0.339 e. The molecule has 0 aliphatic rings. The first-order valence-electron chi connectivity index (χ1n) is 7.00. The van der Waals surface area contributed by atoms with Gasteiger partial charge in [0.1, 0.15) is 11.4 Å². The number of carbonyl (C=O) groups is 1. The Bertz CT molecular complexity index is 450. The van der Waals surface area contributed by atoms with Crippen molar-refractivity contribution in [1.29, 1.82) is 0 Å². The highest BCUT2D eigenvalue weighted by atomic mass is 32.2. The fraction of sp³-hybridized carbons (Fsp3) is 0.600. The molecule has 0 saturated heterocycles. The molecule has 2 N–H and O–H groups in total. The first-order valence-corrected chi connectivity index (χ1v) is 8.40. The summed E-state index contributed by atoms with van der Waals surface area (Å²) in [7, 11) is 0. The summed E-state index contributed by atoms with van der Waals surface area (Å²) in [6, 6.07) is 1.80. The predicted molar refractivity (Wildman–Crippen MR) is 86.0 cm³/mol. The van der Waals surface area contributed by atoms with Gasteiger partial charge in [-0.15, -0.1) is 0 Å². The smallest absolute Gasteiger partial charge is 0.339 e. The zero-order valence-electron chi connectivity index (χ0n) is 12.5. The standard InChI is InChI=1S/C15H24N2O2S/c1-11-10-12(2)17-14(13(11)15(18)19)16-8-6-4-5-7-9-20-3/h10H,4-9H2,1-3H3,(H,16,17)(H,18,19). The highest BCUT2D eigenvalue weighted by Crippen LogP contribution is 2.19. The summed E-state index contributed by atoms with van der Waals surface area (Å²) < 4.78 is 0. The van der Waals surface area contributed by atoms with Gasteiger partial charge in [-0.3, -0.25) is 0 Å². The van der Waals surface area contributed by atoms with E-state index >= 15 is 0 Å². The molecular formula is C15H24N2O2S. The Morgan fingerprint density at radius 3 is 2.65 bits per heavy atom. The summed E-state index contributed by atoms with van der Waals surface area (Å²) in [6.07, 6.45) is 6.82. The SMILES string of the molecule is CSCCCCCCNc1nc(C)cc(C)c1C(=O)O. The molecule has 0 fully saturated rings. The quantitative estimate of drug-likeness (QED) is 0.680. The lowest BCUT2D eigenvalue weighted by Crippen LogP contribution is -2.12. The van der Waals surface area contributed by atoms with Crippen LogP contribution < -0.4 is 5.32 Å². The van der Waals surface area contributed by atoms with Crippen molar-refractivity contribution < 1.29 is 9.90 Å². The number of aromatic nitrogens is 1. The van der Waals surface area contributed by atoms with Gasteiger partial charge in [0.25, 0.3) is 0 Å². The number of aryl methyl sites for hydroxylation is 2. The minimum absolute atomic E-state index is 0.290. The Morgan fingerprint density at radius 1 is 1.30 bits per heavy atom. The molecule has 1 aromatic heterocycles. The second-order valence-electron chi connectivity index (χ2n) is 4.94. The molecule has 0 aromatic carbocycles. The van der Waals surface area contributed by atoms with Gasteiger partial charge in [-0.25, -0.2) is 9.78 Å². The van der Waals surface area contributed by atoms with Crippen molar-refractivity contribution in [1.82, 2.24) is 4.98 Å². The Labute approximate surface area is 125 Å². The van der Waals surface area contributed by atoms with Crippen molar-refractivity contribution in [2.24, 2.45) is 0 Å². The van der Waals surface area contributed by atoms with E-state index < -0.39 is 5.97 Å². The summed E-state index contributed by atoms with van der Waals surface area (Å²) in [5.74, 6) is 0.798. The normalized spacial score (nSPS) is 10.6. The number of nitrogens with zero attached hydrogens (tertiary/aromatic N) is 1. The number of carboxylic acid groups (broad SMARTS) is 1. The third-order valence-electron chi connectivity index (χ3n) is 3.13. The third kappa shape index (κ3) is 5.41. The zero-order valence-corrected chi connectivity index (χ0v) is 13.3. The van der Waals surface area contributed by atoms with Crippen LogP contribution >= 0.6 is 11.8 Å². The lowest BCUT2D eigenvalue weighted by atomic mass is 10.1. The number of nitrogens with one attached hydrogen (secondary N) is 1. The summed E-state index contributed by atoms with van der Waals surface area (Å²) in [6.45, 7) is 4.47. The fourth-order valence-corrected chi connectivity index (χ4v) is 2.66. The molecule has 0 unspecified atom stereocenters. The number of aromatic carboxylic acids is 1. The summed E-state index contributed by atoms with van der Waals surface area (Å²) in [4.78, 5) is 15.6. The van der Waals surface area contributed by atoms with Crippen LogP contribution in [0.5, 0.6) is 0 Å². The molecule has 1 heterocycles. The van der Waals surface area contributed by atoms with Crippen LogP contribution in [0.2, 0.25) is 0 Å². The number of rotatable bonds is 9. The lowest BCUT2D eigenvalue weighted by molar-refractivity contribution is 0.0697. The maximum absolute atomic E-state index is 11.3. The van der Waals surface area contributed by atoms with Crippen molar-refractivity contribution in [3.63, 3.8) is 0 Å². The van der Waals surface area contributed by atoms with Crippen LogP contribution in [0.3, 0.4) is 0 Å². The van der Waals surface area contributed by atoms with Gasteiger partial charge in [0.15, 0.2) is 0 Å². The topological polar surface area (TPSA) is 62.2 Å². The van der Waals surface area contributed by atoms with E-state index in [1.54, 1.807) is 6.07 Å². The second kappa shape index (κ2) is 8.84. The van der Waals surface area contributed by atoms with Gasteiger partial charge in [0, 0.05) is 12.2 Å². The van der Waals surface area contributed by atoms with Crippen molar-refractivity contribution in [3.05, 3.63) is 22.9 Å². The first-order chi connectivity index (χ1) is 9.56. The Hall–Kier alpha value is -1.23. The number of carboxylic acids is 1. The Morgan fingerprint density at radius 2 is 2.00 bits per heavy atom. The number of pyridine rings is 1. The van der Waals surface area contributed by atoms with E-state index in [0.29, 0.717) is 5.82 Å². The molecule has 0 aliphatic carbocycles. The van der Waals surface area contributed by atoms with Crippen LogP contribution in [0.25, 0.3) is 0 Å². The predicted octanol–water partition coefficient (Wildman–Crippen LogP) is 3.73. The highest BCUT2D eigenvalue weighted by Gasteiger charge is 2.15. The van der Waals surface area contributed by atoms with Crippen LogP contribution in [-0.2, 0) is 0 Å². The second-order valence-corrected chi connectivity index (χ2v) is 5.93. The highest BCUT2D eigenvalue weighted by molar-refractivity contribution is 7.98. The number of unbranched alkanes of at least 4 members (excludes halogenated alkanes) is 3. The fourth-order valence-electron chi connectivity index (χ4n) is 2.17. The van der Waals surface area contributed by atoms with Crippen LogP contribution in [0.4, 0.5) is 5.82 Å². The van der Waals surface area contributed by atoms with Crippen molar-refractivity contribution >= 4 is 23.5 Å². The molecule has 4 nitrogen and oxygen atoms in total. The average Bonchev–Trinajstić information content (AvgIpc) is 2.36. The zero-order chi connectivity index (χ0) is 15.0. The van der Waals surface area contributed by atoms with Crippen molar-refractivity contribution in [3.8, 4) is 0 Å². The van der Waals surface area contributed by atoms with Gasteiger partial charge in [-0.05, 0) is 50.3 Å². The first kappa shape index (κ1) is 16.8. The average molecular weight is 296 g/mol. The Balaban J connectivity index is 2.49. The summed E-state index contributed by atoms with van der Waals surface area (Å²) >= 11 is 1.88. The van der Waals surface area contributed by atoms with Gasteiger partial charge < -0.3 is 10.4 Å². The van der Waals surface area contributed by atoms with Crippen molar-refractivity contribution in [2.75, 3.05) is 23.9 Å². The van der Waals surface area contributed by atoms with Crippen LogP contribution in [0.1, 0.15) is 47.3 Å². The molecule has 0 radical (unpaired) electrons. The van der Waals surface area contributed by atoms with E-state index in [4.69, 9.17) is 0 Å². The van der Waals surface area contributed by atoms with E-state index in [0.717, 1.165) is 24.2 Å². The van der Waals surface area contributed by atoms with E-state index in [1.807, 2.05) is 25.6 Å². The number of thioether (sulfide) groups is 1. The van der Waals surface area contributed by atoms with E-state index in [9.17, 15) is 9.90 Å². The van der Waals surface area contributed by atoms with Gasteiger partial charge >= 0.3 is 5.97 Å². The van der Waals surface area contributed by atoms with Crippen molar-refractivity contribution in [2.45, 2.75) is 39.5 Å². The van der Waals surface area contributed by atoms with Gasteiger partial charge in [-0.2, -0.15) is 11.8 Å². The van der Waals surface area contributed by atoms with Gasteiger partial charge in [-0.1, -0.05) is 12.8 Å². The summed E-state index contributed by atoms with van der Waals surface area (Å²) in [5, 5.41) is 12.4. The number of anilines is 1. The molecule has 5 heteroatoms. The van der Waals surface area contributed by atoms with Gasteiger partial charge in [0.05, 0.1) is 0 Å². The molecule has 0 spiro atoms. The molecule has 0 amide bonds. The number of hydrogen-bond donors (Lipinski definition) is 2. The van der Waals surface area contributed by atoms with Gasteiger partial charge in [0.2, 0.25) is 0 Å². The number of hydrogen-bond acceptors (Lipinski definition) is 4. The van der Waals surface area contributed by atoms with E-state index in [2.05, 4.69) is 16.6 Å². The third-order valence-corrected chi connectivity index (χ3v) is 3.82. The maximum atomic E-state index is 11.3. The van der Waals surface area contributed by atoms with Crippen LogP contribution in [-0.4, -0.2) is 34.6 Å². The minimum Gasteiger partial charge on any atom is -0.478 e.